The van der Waals surface area contributed by atoms with Crippen molar-refractivity contribution in [2.24, 2.45) is 0 Å². The lowest BCUT2D eigenvalue weighted by molar-refractivity contribution is 0.387. The van der Waals surface area contributed by atoms with Gasteiger partial charge in [-0.3, -0.25) is 4.57 Å². The maximum atomic E-state index is 11.4. The summed E-state index contributed by atoms with van der Waals surface area (Å²) < 4.78 is 14.9. The summed E-state index contributed by atoms with van der Waals surface area (Å²) in [5.41, 5.74) is 5.29. The van der Waals surface area contributed by atoms with Gasteiger partial charge in [0, 0.05) is 20.0 Å². The Kier molecular flexibility index (Phi) is 4.79. The van der Waals surface area contributed by atoms with Crippen molar-refractivity contribution >= 4 is 57.3 Å². The van der Waals surface area contributed by atoms with E-state index in [9.17, 15) is 14.4 Å². The number of benzene rings is 4. The summed E-state index contributed by atoms with van der Waals surface area (Å²) in [6.45, 7) is 0. The zero-order valence-corrected chi connectivity index (χ0v) is 18.8. The molecule has 0 fully saturated rings. The number of hydrogen-bond acceptors (Lipinski definition) is 1. The molecule has 0 radical (unpaired) electrons. The smallest absolute Gasteiger partial charge is 0.321 e. The number of rotatable bonds is 3. The molecule has 1 heterocycles. The van der Waals surface area contributed by atoms with Crippen LogP contribution in [0.3, 0.4) is 0 Å². The van der Waals surface area contributed by atoms with Gasteiger partial charge in [-0.05, 0) is 82.2 Å². The molecule has 0 aliphatic rings. The van der Waals surface area contributed by atoms with Crippen LogP contribution in [0, 0.1) is 3.57 Å². The van der Waals surface area contributed by atoms with Crippen molar-refractivity contribution in [3.05, 3.63) is 94.6 Å². The average molecular weight is 525 g/mol. The van der Waals surface area contributed by atoms with E-state index >= 15 is 0 Å². The molecule has 0 unspecified atom stereocenters. The minimum Gasteiger partial charge on any atom is -0.321 e. The average Bonchev–Trinajstić information content (AvgIpc) is 3.07. The van der Waals surface area contributed by atoms with E-state index in [2.05, 4.69) is 81.8 Å². The van der Waals surface area contributed by atoms with E-state index in [4.69, 9.17) is 0 Å². The highest BCUT2D eigenvalue weighted by Gasteiger charge is 2.16. The molecule has 1 aromatic heterocycles. The van der Waals surface area contributed by atoms with Crippen LogP contribution >= 0.6 is 30.2 Å². The fraction of sp³-hybridized carbons (Fsp3) is 0. The fourth-order valence-corrected chi connectivity index (χ4v) is 4.90. The normalized spacial score (nSPS) is 12.0. The van der Waals surface area contributed by atoms with Crippen molar-refractivity contribution in [2.75, 3.05) is 0 Å². The quantitative estimate of drug-likeness (QED) is 0.229. The van der Waals surface area contributed by atoms with Crippen LogP contribution < -0.4 is 5.30 Å². The van der Waals surface area contributed by atoms with E-state index < -0.39 is 7.60 Å². The van der Waals surface area contributed by atoms with Crippen molar-refractivity contribution in [1.82, 2.24) is 4.57 Å². The second-order valence-corrected chi connectivity index (χ2v) is 10.0. The Morgan fingerprint density at radius 1 is 0.700 bits per heavy atom. The minimum absolute atomic E-state index is 0.0304. The van der Waals surface area contributed by atoms with Crippen molar-refractivity contribution in [3.8, 4) is 16.8 Å². The molecule has 6 heteroatoms. The molecule has 5 aromatic rings. The molecule has 148 valence electrons. The highest BCUT2D eigenvalue weighted by Crippen LogP contribution is 2.35. The van der Waals surface area contributed by atoms with Gasteiger partial charge in [-0.15, -0.1) is 0 Å². The van der Waals surface area contributed by atoms with Crippen LogP contribution in [-0.2, 0) is 4.57 Å². The van der Waals surface area contributed by atoms with Gasteiger partial charge >= 0.3 is 7.60 Å². The van der Waals surface area contributed by atoms with Crippen molar-refractivity contribution < 1.29 is 14.4 Å². The molecule has 0 amide bonds. The molecular formula is C24H17INO3P. The van der Waals surface area contributed by atoms with Crippen LogP contribution in [0.15, 0.2) is 91.0 Å². The Bertz CT molecular complexity index is 1430. The number of para-hydroxylation sites is 1. The number of halogens is 1. The third kappa shape index (κ3) is 3.38. The zero-order valence-electron chi connectivity index (χ0n) is 15.7. The standard InChI is InChI=1S/C24H17INO3P/c25-18-9-14-24-22(15-18)21-3-1-2-4-23(21)26(24)19-10-5-16(6-11-19)17-7-12-20(13-8-17)30(27,28)29/h1-15H,(H2,27,28,29). The maximum absolute atomic E-state index is 11.4. The van der Waals surface area contributed by atoms with Gasteiger partial charge in [0.1, 0.15) is 0 Å². The van der Waals surface area contributed by atoms with Gasteiger partial charge in [-0.1, -0.05) is 42.5 Å². The summed E-state index contributed by atoms with van der Waals surface area (Å²) in [5.74, 6) is 0. The van der Waals surface area contributed by atoms with E-state index in [-0.39, 0.29) is 5.30 Å². The highest BCUT2D eigenvalue weighted by molar-refractivity contribution is 14.1. The molecule has 0 bridgehead atoms. The second-order valence-electron chi connectivity index (χ2n) is 7.15. The van der Waals surface area contributed by atoms with E-state index in [1.54, 1.807) is 12.1 Å². The Morgan fingerprint density at radius 3 is 1.97 bits per heavy atom. The lowest BCUT2D eigenvalue weighted by Gasteiger charge is -2.10. The first kappa shape index (κ1) is 19.5. The van der Waals surface area contributed by atoms with Crippen LogP contribution in [0.5, 0.6) is 0 Å². The number of nitrogens with zero attached hydrogens (tertiary/aromatic N) is 1. The number of aromatic nitrogens is 1. The molecule has 5 rings (SSSR count). The number of hydrogen-bond donors (Lipinski definition) is 2. The molecule has 0 spiro atoms. The Balaban J connectivity index is 1.61. The van der Waals surface area contributed by atoms with Crippen LogP contribution in [0.25, 0.3) is 38.6 Å². The van der Waals surface area contributed by atoms with E-state index in [1.165, 1.54) is 26.5 Å². The first-order valence-electron chi connectivity index (χ1n) is 9.37. The molecule has 0 saturated heterocycles. The van der Waals surface area contributed by atoms with Gasteiger partial charge in [-0.25, -0.2) is 0 Å². The Morgan fingerprint density at radius 2 is 1.30 bits per heavy atom. The Hall–Kier alpha value is -2.44. The topological polar surface area (TPSA) is 62.5 Å². The summed E-state index contributed by atoms with van der Waals surface area (Å²) in [6.07, 6.45) is 0. The largest absolute Gasteiger partial charge is 0.356 e. The van der Waals surface area contributed by atoms with Crippen LogP contribution in [0.4, 0.5) is 0 Å². The van der Waals surface area contributed by atoms with Gasteiger partial charge in [0.2, 0.25) is 0 Å². The molecule has 0 saturated carbocycles. The summed E-state index contributed by atoms with van der Waals surface area (Å²) in [7, 11) is -4.22. The van der Waals surface area contributed by atoms with Crippen LogP contribution in [0.1, 0.15) is 0 Å². The third-order valence-corrected chi connectivity index (χ3v) is 6.94. The SMILES string of the molecule is O=P(O)(O)c1ccc(-c2ccc(-n3c4ccccc4c4cc(I)ccc43)cc2)cc1. The summed E-state index contributed by atoms with van der Waals surface area (Å²) in [4.78, 5) is 18.6. The second kappa shape index (κ2) is 7.36. The summed E-state index contributed by atoms with van der Waals surface area (Å²) in [6, 6.07) is 29.6. The van der Waals surface area contributed by atoms with E-state index in [0.29, 0.717) is 0 Å². The first-order valence-corrected chi connectivity index (χ1v) is 12.1. The molecule has 2 N–H and O–H groups in total. The molecule has 0 aliphatic carbocycles. The molecule has 0 aliphatic heterocycles. The molecule has 4 nitrogen and oxygen atoms in total. The minimum atomic E-state index is -4.22. The van der Waals surface area contributed by atoms with Gasteiger partial charge in [-0.2, -0.15) is 0 Å². The Labute approximate surface area is 187 Å². The van der Waals surface area contributed by atoms with Crippen LogP contribution in [-0.4, -0.2) is 14.4 Å². The predicted octanol–water partition coefficient (Wildman–Crippen LogP) is 5.86. The van der Waals surface area contributed by atoms with Gasteiger partial charge < -0.3 is 14.4 Å². The monoisotopic (exact) mass is 525 g/mol. The molecule has 4 aromatic carbocycles. The van der Waals surface area contributed by atoms with E-state index in [1.807, 2.05) is 12.1 Å². The van der Waals surface area contributed by atoms with Crippen molar-refractivity contribution in [1.29, 1.82) is 0 Å². The lowest BCUT2D eigenvalue weighted by Crippen LogP contribution is -2.02. The molecule has 30 heavy (non-hydrogen) atoms. The summed E-state index contributed by atoms with van der Waals surface area (Å²) in [5, 5.41) is 2.49. The van der Waals surface area contributed by atoms with Crippen molar-refractivity contribution in [3.63, 3.8) is 0 Å². The highest BCUT2D eigenvalue weighted by atomic mass is 127. The van der Waals surface area contributed by atoms with E-state index in [0.717, 1.165) is 27.8 Å². The van der Waals surface area contributed by atoms with Crippen LogP contribution in [0.2, 0.25) is 0 Å². The number of fused-ring (bicyclic) bond motifs is 3. The van der Waals surface area contributed by atoms with Gasteiger partial charge in [0.15, 0.2) is 0 Å². The van der Waals surface area contributed by atoms with Gasteiger partial charge in [0.05, 0.1) is 16.3 Å². The fourth-order valence-electron chi connectivity index (χ4n) is 3.87. The lowest BCUT2D eigenvalue weighted by atomic mass is 10.1. The summed E-state index contributed by atoms with van der Waals surface area (Å²) >= 11 is 2.34. The maximum Gasteiger partial charge on any atom is 0.356 e. The van der Waals surface area contributed by atoms with Crippen molar-refractivity contribution in [2.45, 2.75) is 0 Å². The zero-order chi connectivity index (χ0) is 20.9. The molecular weight excluding hydrogens is 508 g/mol. The third-order valence-electron chi connectivity index (χ3n) is 5.30. The predicted molar refractivity (Wildman–Crippen MR) is 131 cm³/mol. The molecule has 0 atom stereocenters. The van der Waals surface area contributed by atoms with Gasteiger partial charge in [0.25, 0.3) is 0 Å². The first-order chi connectivity index (χ1) is 14.4.